The van der Waals surface area contributed by atoms with Gasteiger partial charge in [0.25, 0.3) is 0 Å². The summed E-state index contributed by atoms with van der Waals surface area (Å²) in [4.78, 5) is 13.7. The van der Waals surface area contributed by atoms with Gasteiger partial charge >= 0.3 is 5.97 Å². The molecular formula is C18H16N2O3S. The number of ether oxygens (including phenoxy) is 2. The molecule has 0 unspecified atom stereocenters. The molecule has 3 rings (SSSR count). The van der Waals surface area contributed by atoms with Gasteiger partial charge in [0.1, 0.15) is 17.2 Å². The minimum Gasteiger partial charge on any atom is -0.465 e. The number of aryl methyl sites for hydroxylation is 2. The molecule has 1 aromatic carbocycles. The first kappa shape index (κ1) is 16.1. The van der Waals surface area contributed by atoms with E-state index in [2.05, 4.69) is 6.07 Å². The lowest BCUT2D eigenvalue weighted by Gasteiger charge is -2.24. The van der Waals surface area contributed by atoms with Gasteiger partial charge < -0.3 is 15.2 Å². The summed E-state index contributed by atoms with van der Waals surface area (Å²) in [5, 5.41) is 9.55. The maximum Gasteiger partial charge on any atom is 0.342 e. The van der Waals surface area contributed by atoms with Gasteiger partial charge in [0.05, 0.1) is 17.9 Å². The van der Waals surface area contributed by atoms with E-state index in [1.54, 1.807) is 0 Å². The first-order chi connectivity index (χ1) is 11.5. The predicted molar refractivity (Wildman–Crippen MR) is 90.9 cm³/mol. The van der Waals surface area contributed by atoms with Crippen LogP contribution >= 0.6 is 11.3 Å². The van der Waals surface area contributed by atoms with Crippen molar-refractivity contribution in [2.75, 3.05) is 7.11 Å². The lowest BCUT2D eigenvalue weighted by Crippen LogP contribution is -2.21. The van der Waals surface area contributed by atoms with Crippen molar-refractivity contribution in [3.8, 4) is 11.8 Å². The second-order valence-electron chi connectivity index (χ2n) is 5.55. The average Bonchev–Trinajstić information content (AvgIpc) is 2.89. The molecule has 122 valence electrons. The molecule has 0 spiro atoms. The summed E-state index contributed by atoms with van der Waals surface area (Å²) >= 11 is 1.42. The average molecular weight is 340 g/mol. The minimum atomic E-state index is -0.471. The predicted octanol–water partition coefficient (Wildman–Crippen LogP) is 3.37. The zero-order valence-electron chi connectivity index (χ0n) is 13.5. The summed E-state index contributed by atoms with van der Waals surface area (Å²) in [6.07, 6.45) is 0. The molecule has 0 amide bonds. The number of nitrogens with two attached hydrogens (primary N) is 1. The lowest BCUT2D eigenvalue weighted by atomic mass is 9.88. The van der Waals surface area contributed by atoms with Crippen molar-refractivity contribution in [3.05, 3.63) is 62.2 Å². The number of thiophene rings is 1. The molecule has 1 aliphatic rings. The van der Waals surface area contributed by atoms with Crippen molar-refractivity contribution in [2.45, 2.75) is 19.8 Å². The third-order valence-electron chi connectivity index (χ3n) is 4.01. The molecule has 5 nitrogen and oxygen atoms in total. The first-order valence-electron chi connectivity index (χ1n) is 7.33. The molecule has 1 atom stereocenters. The molecule has 24 heavy (non-hydrogen) atoms. The smallest absolute Gasteiger partial charge is 0.342 e. The first-order valence-corrected chi connectivity index (χ1v) is 8.15. The standard InChI is InChI=1S/C18H16N2O3S/c1-9-4-6-11(7-5-9)14-12(8-19)17(20)23-15-13(18(21)22-3)10(2)24-16(14)15/h4-7,14H,20H2,1-3H3/t14-/m1/s1. The number of hydrogen-bond acceptors (Lipinski definition) is 6. The molecular weight excluding hydrogens is 324 g/mol. The zero-order chi connectivity index (χ0) is 17.4. The zero-order valence-corrected chi connectivity index (χ0v) is 14.4. The molecule has 0 saturated heterocycles. The Morgan fingerprint density at radius 2 is 2.00 bits per heavy atom. The van der Waals surface area contributed by atoms with Crippen molar-refractivity contribution in [3.63, 3.8) is 0 Å². The van der Waals surface area contributed by atoms with Crippen molar-refractivity contribution < 1.29 is 14.3 Å². The van der Waals surface area contributed by atoms with Crippen LogP contribution in [0, 0.1) is 25.2 Å². The highest BCUT2D eigenvalue weighted by Gasteiger charge is 2.36. The number of benzene rings is 1. The fourth-order valence-corrected chi connectivity index (χ4v) is 4.03. The van der Waals surface area contributed by atoms with Crippen molar-refractivity contribution in [1.29, 1.82) is 5.26 Å². The van der Waals surface area contributed by atoms with Gasteiger partial charge in [0.2, 0.25) is 5.88 Å². The van der Waals surface area contributed by atoms with E-state index in [9.17, 15) is 10.1 Å². The van der Waals surface area contributed by atoms with Crippen LogP contribution in [0.3, 0.4) is 0 Å². The fraction of sp³-hybridized carbons (Fsp3) is 0.222. The Morgan fingerprint density at radius 3 is 2.58 bits per heavy atom. The Hall–Kier alpha value is -2.78. The Morgan fingerprint density at radius 1 is 1.33 bits per heavy atom. The molecule has 0 bridgehead atoms. The van der Waals surface area contributed by atoms with Crippen LogP contribution in [-0.4, -0.2) is 13.1 Å². The monoisotopic (exact) mass is 340 g/mol. The van der Waals surface area contributed by atoms with E-state index in [-0.39, 0.29) is 11.8 Å². The van der Waals surface area contributed by atoms with Gasteiger partial charge in [-0.1, -0.05) is 29.8 Å². The molecule has 0 fully saturated rings. The number of fused-ring (bicyclic) bond motifs is 1. The Kier molecular flexibility index (Phi) is 4.04. The van der Waals surface area contributed by atoms with Gasteiger partial charge in [-0.15, -0.1) is 11.3 Å². The van der Waals surface area contributed by atoms with Gasteiger partial charge in [-0.3, -0.25) is 0 Å². The van der Waals surface area contributed by atoms with E-state index in [0.29, 0.717) is 16.9 Å². The van der Waals surface area contributed by atoms with Crippen LogP contribution < -0.4 is 10.5 Å². The minimum absolute atomic E-state index is 0.0264. The number of methoxy groups -OCH3 is 1. The number of carbonyl (C=O) groups is 1. The third kappa shape index (κ3) is 2.43. The van der Waals surface area contributed by atoms with Crippen LogP contribution in [0.5, 0.6) is 5.75 Å². The van der Waals surface area contributed by atoms with E-state index in [1.807, 2.05) is 38.1 Å². The Balaban J connectivity index is 2.24. The van der Waals surface area contributed by atoms with E-state index in [4.69, 9.17) is 15.2 Å². The van der Waals surface area contributed by atoms with E-state index < -0.39 is 5.97 Å². The normalized spacial score (nSPS) is 16.2. The van der Waals surface area contributed by atoms with Gasteiger partial charge in [-0.05, 0) is 19.4 Å². The molecule has 1 aromatic heterocycles. The van der Waals surface area contributed by atoms with Gasteiger partial charge in [-0.25, -0.2) is 4.79 Å². The summed E-state index contributed by atoms with van der Waals surface area (Å²) in [6, 6.07) is 10.0. The topological polar surface area (TPSA) is 85.3 Å². The molecule has 0 radical (unpaired) electrons. The second kappa shape index (κ2) is 6.02. The Bertz CT molecular complexity index is 888. The van der Waals surface area contributed by atoms with Crippen molar-refractivity contribution in [2.24, 2.45) is 5.73 Å². The lowest BCUT2D eigenvalue weighted by molar-refractivity contribution is 0.0597. The molecule has 0 aliphatic carbocycles. The largest absolute Gasteiger partial charge is 0.465 e. The summed E-state index contributed by atoms with van der Waals surface area (Å²) in [5.41, 5.74) is 8.75. The fourth-order valence-electron chi connectivity index (χ4n) is 2.81. The highest BCUT2D eigenvalue weighted by atomic mass is 32.1. The number of esters is 1. The maximum atomic E-state index is 12.1. The summed E-state index contributed by atoms with van der Waals surface area (Å²) in [7, 11) is 1.33. The molecule has 6 heteroatoms. The number of nitrogens with zero attached hydrogens (tertiary/aromatic N) is 1. The van der Waals surface area contributed by atoms with Crippen LogP contribution in [0.25, 0.3) is 0 Å². The van der Waals surface area contributed by atoms with Gasteiger partial charge in [0.15, 0.2) is 5.75 Å². The number of carbonyl (C=O) groups excluding carboxylic acids is 1. The quantitative estimate of drug-likeness (QED) is 0.847. The molecule has 1 aliphatic heterocycles. The molecule has 2 heterocycles. The maximum absolute atomic E-state index is 12.1. The number of nitriles is 1. The molecule has 2 N–H and O–H groups in total. The second-order valence-corrected chi connectivity index (χ2v) is 6.81. The summed E-state index contributed by atoms with van der Waals surface area (Å²) in [6.45, 7) is 3.83. The summed E-state index contributed by atoms with van der Waals surface area (Å²) in [5.74, 6) is -0.396. The molecule has 0 saturated carbocycles. The number of allylic oxidation sites excluding steroid dienone is 1. The Labute approximate surface area is 143 Å². The van der Waals surface area contributed by atoms with Crippen LogP contribution in [0.2, 0.25) is 0 Å². The van der Waals surface area contributed by atoms with E-state index in [0.717, 1.165) is 20.9 Å². The third-order valence-corrected chi connectivity index (χ3v) is 5.17. The van der Waals surface area contributed by atoms with E-state index >= 15 is 0 Å². The highest BCUT2D eigenvalue weighted by molar-refractivity contribution is 7.12. The van der Waals surface area contributed by atoms with E-state index in [1.165, 1.54) is 18.4 Å². The van der Waals surface area contributed by atoms with Gasteiger partial charge in [0, 0.05) is 4.88 Å². The SMILES string of the molecule is COC(=O)c1c(C)sc2c1OC(N)=C(C#N)[C@H]2c1ccc(C)cc1. The van der Waals surface area contributed by atoms with Crippen LogP contribution in [0.4, 0.5) is 0 Å². The van der Waals surface area contributed by atoms with Crippen LogP contribution in [0.15, 0.2) is 35.7 Å². The summed E-state index contributed by atoms with van der Waals surface area (Å²) < 4.78 is 10.5. The number of hydrogen-bond donors (Lipinski definition) is 1. The van der Waals surface area contributed by atoms with Crippen LogP contribution in [0.1, 0.15) is 37.2 Å². The van der Waals surface area contributed by atoms with Crippen molar-refractivity contribution >= 4 is 17.3 Å². The number of rotatable bonds is 2. The van der Waals surface area contributed by atoms with Crippen LogP contribution in [-0.2, 0) is 4.74 Å². The van der Waals surface area contributed by atoms with Crippen molar-refractivity contribution in [1.82, 2.24) is 0 Å². The van der Waals surface area contributed by atoms with Gasteiger partial charge in [-0.2, -0.15) is 5.26 Å². The molecule has 2 aromatic rings. The highest BCUT2D eigenvalue weighted by Crippen LogP contribution is 2.49.